The lowest BCUT2D eigenvalue weighted by molar-refractivity contribution is 0.362. The monoisotopic (exact) mass is 332 g/mol. The van der Waals surface area contributed by atoms with Crippen molar-refractivity contribution in [3.63, 3.8) is 0 Å². The third kappa shape index (κ3) is 2.89. The van der Waals surface area contributed by atoms with E-state index in [-0.39, 0.29) is 0 Å². The van der Waals surface area contributed by atoms with Gasteiger partial charge in [-0.25, -0.2) is 9.71 Å². The van der Waals surface area contributed by atoms with Gasteiger partial charge in [0.05, 0.1) is 10.2 Å². The molecule has 2 N–H and O–H groups in total. The van der Waals surface area contributed by atoms with E-state index in [0.717, 1.165) is 10.2 Å². The number of hydrogen-bond donors (Lipinski definition) is 2. The Balaban J connectivity index is 1.84. The first kappa shape index (κ1) is 14.0. The molecule has 20 heavy (non-hydrogen) atoms. The number of thiazole rings is 1. The Hall–Kier alpha value is -0.930. The first-order chi connectivity index (χ1) is 9.54. The van der Waals surface area contributed by atoms with Crippen LogP contribution in [-0.4, -0.2) is 43.9 Å². The Kier molecular flexibility index (Phi) is 3.83. The van der Waals surface area contributed by atoms with Crippen LogP contribution < -0.4 is 10.0 Å². The molecule has 108 valence electrons. The second-order valence-electron chi connectivity index (χ2n) is 4.39. The van der Waals surface area contributed by atoms with Gasteiger partial charge in [0.15, 0.2) is 5.13 Å². The molecule has 1 saturated heterocycles. The van der Waals surface area contributed by atoms with Gasteiger partial charge in [-0.1, -0.05) is 22.9 Å². The van der Waals surface area contributed by atoms with Crippen LogP contribution in [0.4, 0.5) is 5.13 Å². The fraction of sp³-hybridized carbons (Fsp3) is 0.364. The van der Waals surface area contributed by atoms with Crippen LogP contribution in [-0.2, 0) is 10.2 Å². The van der Waals surface area contributed by atoms with Crippen LogP contribution in [0.15, 0.2) is 18.2 Å². The Labute approximate surface area is 125 Å². The molecule has 1 aromatic heterocycles. The molecular weight excluding hydrogens is 320 g/mol. The summed E-state index contributed by atoms with van der Waals surface area (Å²) >= 11 is 7.18. The highest BCUT2D eigenvalue weighted by Crippen LogP contribution is 2.29. The number of aromatic nitrogens is 1. The normalized spacial score (nSPS) is 17.4. The lowest BCUT2D eigenvalue weighted by atomic mass is 10.3. The topological polar surface area (TPSA) is 74.3 Å². The molecule has 6 nitrogen and oxygen atoms in total. The molecule has 1 aliphatic heterocycles. The van der Waals surface area contributed by atoms with Crippen molar-refractivity contribution in [1.29, 1.82) is 0 Å². The maximum absolute atomic E-state index is 12.2. The number of rotatable bonds is 3. The third-order valence-electron chi connectivity index (χ3n) is 2.98. The minimum Gasteiger partial charge on any atom is -0.314 e. The fourth-order valence-corrected chi connectivity index (χ4v) is 4.54. The van der Waals surface area contributed by atoms with E-state index < -0.39 is 10.2 Å². The van der Waals surface area contributed by atoms with E-state index in [2.05, 4.69) is 15.0 Å². The molecule has 1 fully saturated rings. The molecule has 0 radical (unpaired) electrons. The van der Waals surface area contributed by atoms with E-state index in [4.69, 9.17) is 11.6 Å². The van der Waals surface area contributed by atoms with E-state index in [9.17, 15) is 8.42 Å². The van der Waals surface area contributed by atoms with Crippen molar-refractivity contribution in [1.82, 2.24) is 14.6 Å². The van der Waals surface area contributed by atoms with Crippen LogP contribution >= 0.6 is 22.9 Å². The highest BCUT2D eigenvalue weighted by Gasteiger charge is 2.24. The summed E-state index contributed by atoms with van der Waals surface area (Å²) in [6, 6.07) is 5.28. The number of hydrogen-bond acceptors (Lipinski definition) is 5. The van der Waals surface area contributed by atoms with Gasteiger partial charge < -0.3 is 5.32 Å². The van der Waals surface area contributed by atoms with Gasteiger partial charge in [-0.05, 0) is 18.2 Å². The maximum Gasteiger partial charge on any atom is 0.303 e. The summed E-state index contributed by atoms with van der Waals surface area (Å²) in [5.41, 5.74) is 0.734. The van der Waals surface area contributed by atoms with Crippen LogP contribution in [0.3, 0.4) is 0 Å². The van der Waals surface area contributed by atoms with Crippen LogP contribution in [0.5, 0.6) is 0 Å². The van der Waals surface area contributed by atoms with Gasteiger partial charge in [0.1, 0.15) is 0 Å². The van der Waals surface area contributed by atoms with Crippen molar-refractivity contribution in [2.45, 2.75) is 0 Å². The summed E-state index contributed by atoms with van der Waals surface area (Å²) < 4.78 is 29.3. The third-order valence-corrected chi connectivity index (χ3v) is 5.78. The molecule has 1 aliphatic rings. The van der Waals surface area contributed by atoms with E-state index in [0.29, 0.717) is 36.3 Å². The SMILES string of the molecule is O=S(=O)(Nc1nc2ccc(Cl)cc2s1)N1CCNCC1. The van der Waals surface area contributed by atoms with Crippen LogP contribution in [0, 0.1) is 0 Å². The number of nitrogens with zero attached hydrogens (tertiary/aromatic N) is 2. The van der Waals surface area contributed by atoms with Crippen LogP contribution in [0.2, 0.25) is 5.02 Å². The molecule has 2 aromatic rings. The quantitative estimate of drug-likeness (QED) is 0.893. The van der Waals surface area contributed by atoms with Gasteiger partial charge in [0.2, 0.25) is 0 Å². The molecule has 3 rings (SSSR count). The van der Waals surface area contributed by atoms with Crippen molar-refractivity contribution < 1.29 is 8.42 Å². The van der Waals surface area contributed by atoms with E-state index in [1.807, 2.05) is 0 Å². The molecule has 0 aliphatic carbocycles. The number of anilines is 1. The Morgan fingerprint density at radius 2 is 2.10 bits per heavy atom. The minimum absolute atomic E-state index is 0.362. The summed E-state index contributed by atoms with van der Waals surface area (Å²) in [6.07, 6.45) is 0. The number of piperazine rings is 1. The molecular formula is C11H13ClN4O2S2. The minimum atomic E-state index is -3.54. The van der Waals surface area contributed by atoms with E-state index >= 15 is 0 Å². The predicted octanol–water partition coefficient (Wildman–Crippen LogP) is 1.51. The Morgan fingerprint density at radius 1 is 1.35 bits per heavy atom. The van der Waals surface area contributed by atoms with Crippen molar-refractivity contribution in [3.8, 4) is 0 Å². The second kappa shape index (κ2) is 5.45. The number of benzene rings is 1. The fourth-order valence-electron chi connectivity index (χ4n) is 2.00. The molecule has 0 unspecified atom stereocenters. The molecule has 0 saturated carbocycles. The van der Waals surface area contributed by atoms with Gasteiger partial charge >= 0.3 is 10.2 Å². The molecule has 0 bridgehead atoms. The van der Waals surface area contributed by atoms with Crippen molar-refractivity contribution in [2.75, 3.05) is 30.9 Å². The number of nitrogens with one attached hydrogen (secondary N) is 2. The summed E-state index contributed by atoms with van der Waals surface area (Å²) in [5, 5.41) is 4.09. The van der Waals surface area contributed by atoms with Crippen molar-refractivity contribution in [3.05, 3.63) is 23.2 Å². The maximum atomic E-state index is 12.2. The molecule has 2 heterocycles. The lowest BCUT2D eigenvalue weighted by Crippen LogP contribution is -2.48. The van der Waals surface area contributed by atoms with Crippen molar-refractivity contribution in [2.24, 2.45) is 0 Å². The predicted molar refractivity (Wildman–Crippen MR) is 81.6 cm³/mol. The van der Waals surface area contributed by atoms with Gasteiger partial charge in [-0.2, -0.15) is 12.7 Å². The van der Waals surface area contributed by atoms with Gasteiger partial charge in [0.25, 0.3) is 0 Å². The molecule has 9 heteroatoms. The summed E-state index contributed by atoms with van der Waals surface area (Å²) in [5.74, 6) is 0. The second-order valence-corrected chi connectivity index (χ2v) is 7.52. The summed E-state index contributed by atoms with van der Waals surface area (Å²) in [6.45, 7) is 2.25. The highest BCUT2D eigenvalue weighted by molar-refractivity contribution is 7.90. The zero-order chi connectivity index (χ0) is 14.2. The highest BCUT2D eigenvalue weighted by atomic mass is 35.5. The standard InChI is InChI=1S/C11H13ClN4O2S2/c12-8-1-2-9-10(7-8)19-11(14-9)15-20(17,18)16-5-3-13-4-6-16/h1-2,7,13H,3-6H2,(H,14,15). The average molecular weight is 333 g/mol. The first-order valence-electron chi connectivity index (χ1n) is 6.09. The number of fused-ring (bicyclic) bond motifs is 1. The Bertz CT molecular complexity index is 725. The smallest absolute Gasteiger partial charge is 0.303 e. The lowest BCUT2D eigenvalue weighted by Gasteiger charge is -2.26. The zero-order valence-corrected chi connectivity index (χ0v) is 12.9. The van der Waals surface area contributed by atoms with Crippen LogP contribution in [0.25, 0.3) is 10.2 Å². The van der Waals surface area contributed by atoms with E-state index in [1.165, 1.54) is 15.6 Å². The van der Waals surface area contributed by atoms with Gasteiger partial charge in [-0.3, -0.25) is 0 Å². The van der Waals surface area contributed by atoms with E-state index in [1.54, 1.807) is 18.2 Å². The largest absolute Gasteiger partial charge is 0.314 e. The summed E-state index contributed by atoms with van der Waals surface area (Å²) in [4.78, 5) is 4.26. The Morgan fingerprint density at radius 3 is 2.85 bits per heavy atom. The average Bonchev–Trinajstić information content (AvgIpc) is 2.80. The van der Waals surface area contributed by atoms with Crippen LogP contribution in [0.1, 0.15) is 0 Å². The van der Waals surface area contributed by atoms with Crippen molar-refractivity contribution >= 4 is 48.5 Å². The zero-order valence-electron chi connectivity index (χ0n) is 10.5. The van der Waals surface area contributed by atoms with Gasteiger partial charge in [0, 0.05) is 31.2 Å². The molecule has 0 spiro atoms. The summed E-state index contributed by atoms with van der Waals surface area (Å²) in [7, 11) is -3.54. The first-order valence-corrected chi connectivity index (χ1v) is 8.73. The number of halogens is 1. The van der Waals surface area contributed by atoms with Gasteiger partial charge in [-0.15, -0.1) is 0 Å². The molecule has 1 aromatic carbocycles. The molecule has 0 atom stereocenters. The molecule has 0 amide bonds.